The summed E-state index contributed by atoms with van der Waals surface area (Å²) in [6.07, 6.45) is -1.55. The lowest BCUT2D eigenvalue weighted by Crippen LogP contribution is -2.57. The lowest BCUT2D eigenvalue weighted by Gasteiger charge is -2.24. The van der Waals surface area contributed by atoms with Crippen LogP contribution in [0.4, 0.5) is 0 Å². The smallest absolute Gasteiger partial charge is 0.328 e. The van der Waals surface area contributed by atoms with E-state index < -0.39 is 92.1 Å². The Morgan fingerprint density at radius 1 is 0.722 bits per heavy atom. The molecule has 0 fully saturated rings. The Kier molecular flexibility index (Phi) is 14.8. The molecule has 0 radical (unpaired) electrons. The summed E-state index contributed by atoms with van der Waals surface area (Å²) in [6, 6.07) is -5.86. The Hall–Kier alpha value is -3.99. The van der Waals surface area contributed by atoms with E-state index in [1.807, 2.05) is 5.32 Å². The third kappa shape index (κ3) is 13.7. The van der Waals surface area contributed by atoms with Gasteiger partial charge in [-0.1, -0.05) is 0 Å². The third-order valence-corrected chi connectivity index (χ3v) is 4.66. The molecule has 4 unspecified atom stereocenters. The number of nitrogens with two attached hydrogens (primary N) is 3. The number of hydrogen-bond donors (Lipinski definition) is 10. The van der Waals surface area contributed by atoms with Crippen LogP contribution >= 0.6 is 0 Å². The van der Waals surface area contributed by atoms with E-state index in [2.05, 4.69) is 15.6 Å². The second-order valence-electron chi connectivity index (χ2n) is 7.62. The van der Waals surface area contributed by atoms with Crippen LogP contribution in [-0.4, -0.2) is 99.3 Å². The largest absolute Gasteiger partial charge is 0.481 e. The molecule has 13 N–H and O–H groups in total. The molecule has 0 aromatic heterocycles. The maximum Gasteiger partial charge on any atom is 0.328 e. The summed E-state index contributed by atoms with van der Waals surface area (Å²) in [7, 11) is 0. The average Bonchev–Trinajstić information content (AvgIpc) is 2.79. The number of nitrogens with zero attached hydrogens (tertiary/aromatic N) is 1. The number of carbonyl (C=O) groups excluding carboxylic acids is 3. The zero-order chi connectivity index (χ0) is 27.8. The fourth-order valence-corrected chi connectivity index (χ4v) is 2.73. The highest BCUT2D eigenvalue weighted by Gasteiger charge is 2.30. The molecule has 36 heavy (non-hydrogen) atoms. The molecule has 0 aliphatic heterocycles. The van der Waals surface area contributed by atoms with Crippen LogP contribution in [0.3, 0.4) is 0 Å². The van der Waals surface area contributed by atoms with Crippen molar-refractivity contribution in [1.82, 2.24) is 16.0 Å². The minimum Gasteiger partial charge on any atom is -0.481 e. The van der Waals surface area contributed by atoms with Gasteiger partial charge in [0.1, 0.15) is 18.1 Å². The number of carboxylic acids is 3. The minimum atomic E-state index is -1.72. The summed E-state index contributed by atoms with van der Waals surface area (Å²) in [5, 5.41) is 42.4. The molecule has 0 aliphatic rings. The maximum absolute atomic E-state index is 12.8. The van der Waals surface area contributed by atoms with Crippen LogP contribution in [0, 0.1) is 0 Å². The Morgan fingerprint density at radius 3 is 1.56 bits per heavy atom. The Labute approximate surface area is 205 Å². The van der Waals surface area contributed by atoms with E-state index in [1.165, 1.54) is 0 Å². The number of aliphatic imine (C=N–C) groups is 1. The second kappa shape index (κ2) is 16.6. The monoisotopic (exact) mass is 519 g/mol. The molecule has 0 bridgehead atoms. The minimum absolute atomic E-state index is 0.122. The molecule has 0 rings (SSSR count). The van der Waals surface area contributed by atoms with Crippen molar-refractivity contribution < 1.29 is 49.2 Å². The number of nitrogens with one attached hydrogen (secondary N) is 3. The van der Waals surface area contributed by atoms with Crippen molar-refractivity contribution >= 4 is 41.6 Å². The van der Waals surface area contributed by atoms with Crippen molar-refractivity contribution in [2.75, 3.05) is 13.2 Å². The van der Waals surface area contributed by atoms with Gasteiger partial charge < -0.3 is 53.6 Å². The van der Waals surface area contributed by atoms with Gasteiger partial charge in [-0.15, -0.1) is 0 Å². The highest BCUT2D eigenvalue weighted by Crippen LogP contribution is 2.05. The summed E-state index contributed by atoms with van der Waals surface area (Å²) in [6.45, 7) is -0.781. The van der Waals surface area contributed by atoms with Gasteiger partial charge in [0.05, 0.1) is 12.6 Å². The molecule has 3 amide bonds. The molecule has 17 nitrogen and oxygen atoms in total. The predicted octanol–water partition coefficient (Wildman–Crippen LogP) is -4.37. The summed E-state index contributed by atoms with van der Waals surface area (Å²) in [4.78, 5) is 74.4. The van der Waals surface area contributed by atoms with Crippen LogP contribution in [0.5, 0.6) is 0 Å². The van der Waals surface area contributed by atoms with Gasteiger partial charge in [0, 0.05) is 19.4 Å². The predicted molar refractivity (Wildman–Crippen MR) is 122 cm³/mol. The summed E-state index contributed by atoms with van der Waals surface area (Å²) < 4.78 is 0. The summed E-state index contributed by atoms with van der Waals surface area (Å²) >= 11 is 0. The average molecular weight is 520 g/mol. The molecule has 0 aromatic rings. The quantitative estimate of drug-likeness (QED) is 0.0465. The van der Waals surface area contributed by atoms with Gasteiger partial charge in [-0.05, 0) is 25.7 Å². The Balaban J connectivity index is 5.46. The Bertz CT molecular complexity index is 831. The number of amides is 3. The van der Waals surface area contributed by atoms with Crippen LogP contribution in [0.1, 0.15) is 38.5 Å². The van der Waals surface area contributed by atoms with Crippen LogP contribution in [0.2, 0.25) is 0 Å². The zero-order valence-electron chi connectivity index (χ0n) is 19.4. The molecule has 0 saturated heterocycles. The van der Waals surface area contributed by atoms with Crippen LogP contribution in [-0.2, 0) is 28.8 Å². The standard InChI is InChI=1S/C19H33N7O10/c20-9(2-1-7-23-19(21)22)15(32)24-10(3-5-13(28)29)16(33)25-11(4-6-14(30)31)17(34)26-12(8-27)18(35)36/h9-12,27H,1-8,20H2,(H,24,32)(H,25,33)(H,26,34)(H,28,29)(H,30,31)(H,35,36)(H4,21,22,23). The molecule has 4 atom stereocenters. The van der Waals surface area contributed by atoms with Crippen molar-refractivity contribution in [2.24, 2.45) is 22.2 Å². The Morgan fingerprint density at radius 2 is 1.17 bits per heavy atom. The van der Waals surface area contributed by atoms with Gasteiger partial charge in [-0.25, -0.2) is 4.79 Å². The second-order valence-corrected chi connectivity index (χ2v) is 7.62. The molecule has 0 spiro atoms. The molecule has 0 heterocycles. The number of carboxylic acid groups (broad SMARTS) is 3. The van der Waals surface area contributed by atoms with Gasteiger partial charge in [0.15, 0.2) is 5.96 Å². The molecular weight excluding hydrogens is 486 g/mol. The number of rotatable bonds is 18. The normalized spacial score (nSPS) is 13.8. The van der Waals surface area contributed by atoms with Gasteiger partial charge in [-0.2, -0.15) is 0 Å². The van der Waals surface area contributed by atoms with Crippen LogP contribution in [0.15, 0.2) is 4.99 Å². The first-order chi connectivity index (χ1) is 16.8. The first-order valence-electron chi connectivity index (χ1n) is 10.8. The fourth-order valence-electron chi connectivity index (χ4n) is 2.73. The summed E-state index contributed by atoms with van der Waals surface area (Å²) in [5.41, 5.74) is 16.2. The van der Waals surface area contributed by atoms with Gasteiger partial charge >= 0.3 is 17.9 Å². The first-order valence-corrected chi connectivity index (χ1v) is 10.8. The highest BCUT2D eigenvalue weighted by atomic mass is 16.4. The number of aliphatic hydroxyl groups is 1. The molecule has 0 aromatic carbocycles. The number of hydrogen-bond acceptors (Lipinski definition) is 9. The molecule has 0 saturated carbocycles. The molecule has 0 aliphatic carbocycles. The van der Waals surface area contributed by atoms with E-state index in [4.69, 9.17) is 37.6 Å². The van der Waals surface area contributed by atoms with E-state index in [-0.39, 0.29) is 18.9 Å². The zero-order valence-corrected chi connectivity index (χ0v) is 19.4. The number of aliphatic hydroxyl groups excluding tert-OH is 1. The van der Waals surface area contributed by atoms with E-state index in [1.54, 1.807) is 0 Å². The van der Waals surface area contributed by atoms with E-state index in [0.29, 0.717) is 6.42 Å². The van der Waals surface area contributed by atoms with Crippen molar-refractivity contribution in [1.29, 1.82) is 0 Å². The van der Waals surface area contributed by atoms with Gasteiger partial charge in [0.25, 0.3) is 0 Å². The van der Waals surface area contributed by atoms with Crippen molar-refractivity contribution in [3.05, 3.63) is 0 Å². The number of carbonyl (C=O) groups is 6. The van der Waals surface area contributed by atoms with E-state index in [0.717, 1.165) is 0 Å². The van der Waals surface area contributed by atoms with E-state index in [9.17, 15) is 28.8 Å². The summed E-state index contributed by atoms with van der Waals surface area (Å²) in [5.74, 6) is -7.26. The van der Waals surface area contributed by atoms with Gasteiger partial charge in [-0.3, -0.25) is 29.0 Å². The maximum atomic E-state index is 12.8. The third-order valence-electron chi connectivity index (χ3n) is 4.66. The SMILES string of the molecule is NC(N)=NCCCC(N)C(=O)NC(CCC(=O)O)C(=O)NC(CCC(=O)O)C(=O)NC(CO)C(=O)O. The van der Waals surface area contributed by atoms with Crippen LogP contribution < -0.4 is 33.2 Å². The first kappa shape index (κ1) is 32.0. The number of aliphatic carboxylic acids is 3. The van der Waals surface area contributed by atoms with E-state index >= 15 is 0 Å². The van der Waals surface area contributed by atoms with Crippen molar-refractivity contribution in [3.8, 4) is 0 Å². The van der Waals surface area contributed by atoms with Gasteiger partial charge in [0.2, 0.25) is 17.7 Å². The highest BCUT2D eigenvalue weighted by molar-refractivity contribution is 5.94. The lowest BCUT2D eigenvalue weighted by molar-refractivity contribution is -0.144. The van der Waals surface area contributed by atoms with Crippen molar-refractivity contribution in [2.45, 2.75) is 62.7 Å². The fraction of sp³-hybridized carbons (Fsp3) is 0.632. The van der Waals surface area contributed by atoms with Crippen LogP contribution in [0.25, 0.3) is 0 Å². The lowest BCUT2D eigenvalue weighted by atomic mass is 10.1. The molecule has 17 heteroatoms. The topological polar surface area (TPSA) is 310 Å². The molecular formula is C19H33N7O10. The van der Waals surface area contributed by atoms with Crippen molar-refractivity contribution in [3.63, 3.8) is 0 Å². The number of guanidine groups is 1. The molecule has 204 valence electrons.